The second-order valence-electron chi connectivity index (χ2n) is 11.7. The summed E-state index contributed by atoms with van der Waals surface area (Å²) in [5, 5.41) is 13.5. The molecule has 1 amide bonds. The van der Waals surface area contributed by atoms with Gasteiger partial charge in [-0.2, -0.15) is 4.98 Å². The molecule has 10 nitrogen and oxygen atoms in total. The van der Waals surface area contributed by atoms with Crippen molar-refractivity contribution in [1.29, 1.82) is 0 Å². The van der Waals surface area contributed by atoms with Gasteiger partial charge in [-0.05, 0) is 68.9 Å². The molecule has 2 saturated heterocycles. The largest absolute Gasteiger partial charge is 0.456 e. The standard InChI is InChI=1S/C30H35ClN4O6/c31-21-13-22-28(35-29(33-22)41-24-15-39-26-23(36)14-38-27(24)26)34-25(21)18-7-5-16(6-8-18)17-9-11-19(12-10-17)32-30(37)40-20-3-1-2-4-20/h5-8,13,17,19-20,23-24,26-27,36H,1-4,9-12,14-15H2,(H,32,37)(H,33,34,35)/t17-,19+,23-,24-,26-,27-/m1/s1. The Bertz CT molecular complexity index is 1390. The minimum absolute atomic E-state index is 0.0925. The predicted octanol–water partition coefficient (Wildman–Crippen LogP) is 4.88. The molecule has 0 unspecified atom stereocenters. The first kappa shape index (κ1) is 26.9. The number of halogens is 1. The Morgan fingerprint density at radius 2 is 1.76 bits per heavy atom. The number of nitrogens with zero attached hydrogens (tertiary/aromatic N) is 2. The fourth-order valence-corrected chi connectivity index (χ4v) is 6.94. The number of aromatic nitrogens is 3. The van der Waals surface area contributed by atoms with Crippen LogP contribution in [0.5, 0.6) is 6.01 Å². The second-order valence-corrected chi connectivity index (χ2v) is 12.1. The highest BCUT2D eigenvalue weighted by atomic mass is 35.5. The van der Waals surface area contributed by atoms with E-state index in [2.05, 4.69) is 39.6 Å². The number of pyridine rings is 1. The first-order chi connectivity index (χ1) is 20.0. The molecule has 0 bridgehead atoms. The molecule has 2 aliphatic heterocycles. The van der Waals surface area contributed by atoms with Crippen LogP contribution in [-0.2, 0) is 14.2 Å². The summed E-state index contributed by atoms with van der Waals surface area (Å²) in [6, 6.07) is 10.7. The van der Waals surface area contributed by atoms with E-state index in [9.17, 15) is 9.90 Å². The number of hydrogen-bond donors (Lipinski definition) is 3. The molecule has 4 aliphatic rings. The first-order valence-corrected chi connectivity index (χ1v) is 15.1. The lowest BCUT2D eigenvalue weighted by Gasteiger charge is -2.29. The number of alkyl carbamates (subject to hydrolysis) is 1. The van der Waals surface area contributed by atoms with Crippen LogP contribution in [0.3, 0.4) is 0 Å². The molecule has 0 radical (unpaired) electrons. The summed E-state index contributed by atoms with van der Waals surface area (Å²) >= 11 is 6.64. The van der Waals surface area contributed by atoms with Crippen LogP contribution >= 0.6 is 11.6 Å². The van der Waals surface area contributed by atoms with Gasteiger partial charge in [0, 0.05) is 11.6 Å². The number of benzene rings is 1. The molecule has 3 N–H and O–H groups in total. The van der Waals surface area contributed by atoms with Crippen LogP contribution in [0.2, 0.25) is 5.02 Å². The number of aliphatic hydroxyl groups is 1. The van der Waals surface area contributed by atoms with Crippen molar-refractivity contribution in [3.8, 4) is 17.3 Å². The summed E-state index contributed by atoms with van der Waals surface area (Å²) in [5.41, 5.74) is 4.05. The number of carbonyl (C=O) groups excluding carboxylic acids is 1. The summed E-state index contributed by atoms with van der Waals surface area (Å²) < 4.78 is 22.9. The van der Waals surface area contributed by atoms with Crippen molar-refractivity contribution in [1.82, 2.24) is 20.3 Å². The SMILES string of the molecule is O=C(N[C@H]1CC[C@@H](c2ccc(-c3nc4[nH]c(O[C@@H]5CO[C@H]6[C@@H]5OC[C@H]6O)nc4cc3Cl)cc2)CC1)OC1CCCC1. The zero-order valence-electron chi connectivity index (χ0n) is 22.8. The van der Waals surface area contributed by atoms with Crippen molar-refractivity contribution in [2.75, 3.05) is 13.2 Å². The van der Waals surface area contributed by atoms with Crippen LogP contribution in [0.1, 0.15) is 62.8 Å². The Labute approximate surface area is 243 Å². The van der Waals surface area contributed by atoms with E-state index in [0.29, 0.717) is 40.4 Å². The van der Waals surface area contributed by atoms with Gasteiger partial charge in [0.2, 0.25) is 0 Å². The summed E-state index contributed by atoms with van der Waals surface area (Å²) in [5.74, 6) is 0.454. The molecular formula is C30H35ClN4O6. The van der Waals surface area contributed by atoms with Gasteiger partial charge in [0.05, 0.1) is 23.9 Å². The summed E-state index contributed by atoms with van der Waals surface area (Å²) in [7, 11) is 0. The summed E-state index contributed by atoms with van der Waals surface area (Å²) in [6.07, 6.45) is 6.35. The number of amides is 1. The van der Waals surface area contributed by atoms with Gasteiger partial charge in [-0.25, -0.2) is 9.78 Å². The highest BCUT2D eigenvalue weighted by molar-refractivity contribution is 6.33. The van der Waals surface area contributed by atoms with Crippen molar-refractivity contribution in [2.24, 2.45) is 0 Å². The lowest BCUT2D eigenvalue weighted by Crippen LogP contribution is -2.38. The van der Waals surface area contributed by atoms with Gasteiger partial charge in [-0.15, -0.1) is 0 Å². The molecule has 7 rings (SSSR count). The zero-order valence-corrected chi connectivity index (χ0v) is 23.5. The van der Waals surface area contributed by atoms with Crippen molar-refractivity contribution in [3.05, 3.63) is 40.9 Å². The zero-order chi connectivity index (χ0) is 27.9. The van der Waals surface area contributed by atoms with Crippen LogP contribution in [-0.4, -0.2) is 75.9 Å². The van der Waals surface area contributed by atoms with Crippen LogP contribution in [0.15, 0.2) is 30.3 Å². The average Bonchev–Trinajstić information content (AvgIpc) is 3.77. The van der Waals surface area contributed by atoms with Crippen molar-refractivity contribution < 1.29 is 28.8 Å². The van der Waals surface area contributed by atoms with E-state index in [1.807, 2.05) is 0 Å². The Kier molecular flexibility index (Phi) is 7.49. The van der Waals surface area contributed by atoms with Crippen LogP contribution in [0, 0.1) is 0 Å². The average molecular weight is 583 g/mol. The third kappa shape index (κ3) is 5.62. The van der Waals surface area contributed by atoms with Crippen molar-refractivity contribution >= 4 is 28.9 Å². The third-order valence-electron chi connectivity index (χ3n) is 8.93. The highest BCUT2D eigenvalue weighted by Crippen LogP contribution is 2.36. The van der Waals surface area contributed by atoms with E-state index in [0.717, 1.165) is 56.9 Å². The molecule has 0 spiro atoms. The van der Waals surface area contributed by atoms with E-state index < -0.39 is 6.10 Å². The van der Waals surface area contributed by atoms with E-state index >= 15 is 0 Å². The Hall–Kier alpha value is -2.92. The van der Waals surface area contributed by atoms with Gasteiger partial charge >= 0.3 is 6.09 Å². The van der Waals surface area contributed by atoms with Gasteiger partial charge in [-0.1, -0.05) is 35.9 Å². The van der Waals surface area contributed by atoms with E-state index in [1.54, 1.807) is 6.07 Å². The highest BCUT2D eigenvalue weighted by Gasteiger charge is 2.48. The number of nitrogens with one attached hydrogen (secondary N) is 2. The number of carbonyl (C=O) groups is 1. The van der Waals surface area contributed by atoms with E-state index in [1.165, 1.54) is 5.56 Å². The normalized spacial score (nSPS) is 30.0. The smallest absolute Gasteiger partial charge is 0.407 e. The molecule has 41 heavy (non-hydrogen) atoms. The third-order valence-corrected chi connectivity index (χ3v) is 9.22. The fourth-order valence-electron chi connectivity index (χ4n) is 6.68. The Morgan fingerprint density at radius 3 is 2.54 bits per heavy atom. The predicted molar refractivity (Wildman–Crippen MR) is 151 cm³/mol. The van der Waals surface area contributed by atoms with E-state index in [4.69, 9.17) is 35.5 Å². The quantitative estimate of drug-likeness (QED) is 0.375. The maximum absolute atomic E-state index is 12.2. The van der Waals surface area contributed by atoms with Gasteiger partial charge in [0.25, 0.3) is 6.01 Å². The molecule has 4 heterocycles. The van der Waals surface area contributed by atoms with Crippen molar-refractivity contribution in [2.45, 2.75) is 93.8 Å². The number of hydrogen-bond acceptors (Lipinski definition) is 8. The topological polar surface area (TPSA) is 128 Å². The lowest BCUT2D eigenvalue weighted by atomic mass is 9.81. The first-order valence-electron chi connectivity index (χ1n) is 14.7. The number of imidazole rings is 1. The molecule has 11 heteroatoms. The van der Waals surface area contributed by atoms with Gasteiger partial charge in [0.15, 0.2) is 11.8 Å². The van der Waals surface area contributed by atoms with Gasteiger partial charge in [-0.3, -0.25) is 4.98 Å². The monoisotopic (exact) mass is 582 g/mol. The van der Waals surface area contributed by atoms with Gasteiger partial charge < -0.3 is 29.4 Å². The minimum Gasteiger partial charge on any atom is -0.456 e. The molecule has 2 aliphatic carbocycles. The number of ether oxygens (including phenoxy) is 4. The Balaban J connectivity index is 0.971. The minimum atomic E-state index is -0.637. The van der Waals surface area contributed by atoms with Crippen molar-refractivity contribution in [3.63, 3.8) is 0 Å². The molecule has 2 aromatic heterocycles. The molecular weight excluding hydrogens is 548 g/mol. The number of aromatic amines is 1. The maximum atomic E-state index is 12.2. The molecule has 3 aromatic rings. The summed E-state index contributed by atoms with van der Waals surface area (Å²) in [4.78, 5) is 24.6. The van der Waals surface area contributed by atoms with Crippen LogP contribution in [0.4, 0.5) is 4.79 Å². The summed E-state index contributed by atoms with van der Waals surface area (Å²) in [6.45, 7) is 0.560. The molecule has 4 atom stereocenters. The lowest BCUT2D eigenvalue weighted by molar-refractivity contribution is 0.00706. The number of fused-ring (bicyclic) bond motifs is 2. The van der Waals surface area contributed by atoms with Crippen LogP contribution in [0.25, 0.3) is 22.4 Å². The van der Waals surface area contributed by atoms with E-state index in [-0.39, 0.29) is 43.2 Å². The Morgan fingerprint density at radius 1 is 1.00 bits per heavy atom. The fraction of sp³-hybridized carbons (Fsp3) is 0.567. The number of H-pyrrole nitrogens is 1. The molecule has 218 valence electrons. The number of aliphatic hydroxyl groups excluding tert-OH is 1. The second kappa shape index (κ2) is 11.4. The molecule has 1 aromatic carbocycles. The van der Waals surface area contributed by atoms with Gasteiger partial charge in [0.1, 0.15) is 29.9 Å². The maximum Gasteiger partial charge on any atom is 0.407 e. The molecule has 4 fully saturated rings. The van der Waals surface area contributed by atoms with Crippen LogP contribution < -0.4 is 10.1 Å². The number of rotatable bonds is 6. The molecule has 2 saturated carbocycles.